The molecule has 0 radical (unpaired) electrons. The molecular formula is C19H26N4O3S. The van der Waals surface area contributed by atoms with E-state index in [1.807, 2.05) is 0 Å². The number of likely N-dealkylation sites (tertiary alicyclic amines) is 1. The number of amides is 1. The highest BCUT2D eigenvalue weighted by molar-refractivity contribution is 7.20. The molecule has 2 aromatic heterocycles. The third-order valence-corrected chi connectivity index (χ3v) is 6.68. The van der Waals surface area contributed by atoms with Crippen LogP contribution in [0.5, 0.6) is 0 Å². The second-order valence-electron chi connectivity index (χ2n) is 7.81. The van der Waals surface area contributed by atoms with Gasteiger partial charge in [-0.1, -0.05) is 0 Å². The Balaban J connectivity index is 1.59. The van der Waals surface area contributed by atoms with Crippen LogP contribution in [0.3, 0.4) is 0 Å². The maximum absolute atomic E-state index is 12.8. The van der Waals surface area contributed by atoms with Crippen LogP contribution < -0.4 is 0 Å². The van der Waals surface area contributed by atoms with Crippen LogP contribution in [-0.2, 0) is 4.74 Å². The van der Waals surface area contributed by atoms with Gasteiger partial charge in [0, 0.05) is 77.1 Å². The van der Waals surface area contributed by atoms with Gasteiger partial charge in [-0.3, -0.25) is 14.7 Å². The first kappa shape index (κ1) is 18.7. The van der Waals surface area contributed by atoms with E-state index in [9.17, 15) is 9.90 Å². The minimum atomic E-state index is -0.661. The Hall–Kier alpha value is -1.61. The molecule has 0 aromatic carbocycles. The average molecular weight is 391 g/mol. The third kappa shape index (κ3) is 3.71. The number of aromatic nitrogens is 2. The number of carbonyl (C=O) groups is 1. The van der Waals surface area contributed by atoms with Gasteiger partial charge >= 0.3 is 0 Å². The molecule has 2 aromatic rings. The van der Waals surface area contributed by atoms with Crippen molar-refractivity contribution in [2.75, 3.05) is 46.9 Å². The molecule has 8 heteroatoms. The molecule has 0 bridgehead atoms. The molecule has 146 valence electrons. The molecule has 7 nitrogen and oxygen atoms in total. The van der Waals surface area contributed by atoms with Crippen molar-refractivity contribution in [1.29, 1.82) is 0 Å². The van der Waals surface area contributed by atoms with E-state index in [1.165, 1.54) is 11.3 Å². The van der Waals surface area contributed by atoms with Crippen molar-refractivity contribution < 1.29 is 14.6 Å². The summed E-state index contributed by atoms with van der Waals surface area (Å²) in [6.45, 7) is 3.66. The molecule has 1 atom stereocenters. The Morgan fingerprint density at radius 1 is 1.37 bits per heavy atom. The molecule has 2 fully saturated rings. The van der Waals surface area contributed by atoms with E-state index in [0.717, 1.165) is 40.3 Å². The fourth-order valence-electron chi connectivity index (χ4n) is 4.12. The minimum absolute atomic E-state index is 0.0105. The normalized spacial score (nSPS) is 23.0. The number of ether oxygens (including phenoxy) is 1. The Morgan fingerprint density at radius 2 is 2.11 bits per heavy atom. The predicted molar refractivity (Wildman–Crippen MR) is 104 cm³/mol. The van der Waals surface area contributed by atoms with Crippen LogP contribution in [0.15, 0.2) is 12.4 Å². The van der Waals surface area contributed by atoms with Gasteiger partial charge in [-0.25, -0.2) is 4.98 Å². The Kier molecular flexibility index (Phi) is 5.15. The Bertz CT molecular complexity index is 831. The molecule has 2 aliphatic rings. The summed E-state index contributed by atoms with van der Waals surface area (Å²) >= 11 is 1.43. The summed E-state index contributed by atoms with van der Waals surface area (Å²) < 4.78 is 5.39. The molecule has 0 unspecified atom stereocenters. The second kappa shape index (κ2) is 7.43. The van der Waals surface area contributed by atoms with Crippen LogP contribution in [-0.4, -0.2) is 83.3 Å². The lowest BCUT2D eigenvalue weighted by molar-refractivity contribution is -0.0773. The molecule has 1 amide bonds. The van der Waals surface area contributed by atoms with Crippen LogP contribution in [0.4, 0.5) is 0 Å². The number of β-amino-alcohol motifs (C(OH)–C–C–N with tert-alkyl or cyclic N) is 1. The Labute approximate surface area is 163 Å². The summed E-state index contributed by atoms with van der Waals surface area (Å²) in [5.41, 5.74) is 1.22. The van der Waals surface area contributed by atoms with Crippen molar-refractivity contribution in [3.05, 3.63) is 22.8 Å². The third-order valence-electron chi connectivity index (χ3n) is 5.59. The van der Waals surface area contributed by atoms with Gasteiger partial charge < -0.3 is 14.7 Å². The maximum Gasteiger partial charge on any atom is 0.263 e. The highest BCUT2D eigenvalue weighted by atomic mass is 32.1. The van der Waals surface area contributed by atoms with Crippen molar-refractivity contribution in [2.45, 2.75) is 30.8 Å². The molecule has 27 heavy (non-hydrogen) atoms. The summed E-state index contributed by atoms with van der Waals surface area (Å²) in [4.78, 5) is 27.2. The van der Waals surface area contributed by atoms with Gasteiger partial charge in [-0.05, 0) is 13.0 Å². The van der Waals surface area contributed by atoms with Crippen molar-refractivity contribution >= 4 is 27.6 Å². The molecule has 1 N–H and O–H groups in total. The smallest absolute Gasteiger partial charge is 0.263 e. The van der Waals surface area contributed by atoms with E-state index in [1.54, 1.807) is 31.4 Å². The Morgan fingerprint density at radius 3 is 2.85 bits per heavy atom. The second-order valence-corrected chi connectivity index (χ2v) is 8.81. The van der Waals surface area contributed by atoms with E-state index in [0.29, 0.717) is 32.6 Å². The van der Waals surface area contributed by atoms with Gasteiger partial charge in [0.1, 0.15) is 10.3 Å². The standard InChI is InChI=1S/C19H26N4O3S/c1-22(2)18(24)16-14(15-17(27-16)21-7-6-20-15)13-3-8-23(11-13)12-19(25)4-9-26-10-5-19/h6-7,13,25H,3-5,8-12H2,1-2H3/t13-/m1/s1. The minimum Gasteiger partial charge on any atom is -0.388 e. The zero-order chi connectivity index (χ0) is 19.0. The van der Waals surface area contributed by atoms with Crippen LogP contribution >= 0.6 is 11.3 Å². The summed E-state index contributed by atoms with van der Waals surface area (Å²) in [5.74, 6) is 0.245. The van der Waals surface area contributed by atoms with Gasteiger partial charge in [-0.15, -0.1) is 11.3 Å². The van der Waals surface area contributed by atoms with E-state index in [-0.39, 0.29) is 11.8 Å². The summed E-state index contributed by atoms with van der Waals surface area (Å²) in [6, 6.07) is 0. The molecule has 0 aliphatic carbocycles. The van der Waals surface area contributed by atoms with Gasteiger partial charge in [0.15, 0.2) is 0 Å². The number of hydrogen-bond acceptors (Lipinski definition) is 7. The van der Waals surface area contributed by atoms with Crippen molar-refractivity contribution in [3.63, 3.8) is 0 Å². The van der Waals surface area contributed by atoms with Gasteiger partial charge in [0.05, 0.1) is 10.5 Å². The average Bonchev–Trinajstić information content (AvgIpc) is 3.25. The van der Waals surface area contributed by atoms with Crippen molar-refractivity contribution in [2.24, 2.45) is 0 Å². The number of fused-ring (bicyclic) bond motifs is 1. The van der Waals surface area contributed by atoms with E-state index in [2.05, 4.69) is 14.9 Å². The molecular weight excluding hydrogens is 364 g/mol. The summed E-state index contributed by atoms with van der Waals surface area (Å²) in [7, 11) is 3.55. The highest BCUT2D eigenvalue weighted by Crippen LogP contribution is 2.39. The predicted octanol–water partition coefficient (Wildman–Crippen LogP) is 1.72. The van der Waals surface area contributed by atoms with Gasteiger partial charge in [-0.2, -0.15) is 0 Å². The van der Waals surface area contributed by atoms with Crippen LogP contribution in [0, 0.1) is 0 Å². The fraction of sp³-hybridized carbons (Fsp3) is 0.632. The van der Waals surface area contributed by atoms with Crippen LogP contribution in [0.2, 0.25) is 0 Å². The highest BCUT2D eigenvalue weighted by Gasteiger charge is 2.37. The summed E-state index contributed by atoms with van der Waals surface area (Å²) in [5, 5.41) is 10.8. The lowest BCUT2D eigenvalue weighted by Gasteiger charge is -2.35. The van der Waals surface area contributed by atoms with E-state index in [4.69, 9.17) is 4.74 Å². The fourth-order valence-corrected chi connectivity index (χ4v) is 5.33. The van der Waals surface area contributed by atoms with Gasteiger partial charge in [0.25, 0.3) is 5.91 Å². The van der Waals surface area contributed by atoms with Gasteiger partial charge in [0.2, 0.25) is 0 Å². The zero-order valence-electron chi connectivity index (χ0n) is 15.8. The number of hydrogen-bond donors (Lipinski definition) is 1. The monoisotopic (exact) mass is 390 g/mol. The number of rotatable bonds is 4. The topological polar surface area (TPSA) is 78.8 Å². The first-order valence-corrected chi connectivity index (χ1v) is 10.3. The van der Waals surface area contributed by atoms with Crippen molar-refractivity contribution in [1.82, 2.24) is 19.8 Å². The SMILES string of the molecule is CN(C)C(=O)c1sc2nccnc2c1[C@@H]1CCN(CC2(O)CCOCC2)C1. The zero-order valence-corrected chi connectivity index (χ0v) is 16.7. The molecule has 2 saturated heterocycles. The molecule has 0 saturated carbocycles. The quantitative estimate of drug-likeness (QED) is 0.857. The van der Waals surface area contributed by atoms with Crippen LogP contribution in [0.25, 0.3) is 10.3 Å². The first-order valence-electron chi connectivity index (χ1n) is 9.44. The number of nitrogens with zero attached hydrogens (tertiary/aromatic N) is 4. The summed E-state index contributed by atoms with van der Waals surface area (Å²) in [6.07, 6.45) is 5.70. The van der Waals surface area contributed by atoms with E-state index < -0.39 is 5.60 Å². The van der Waals surface area contributed by atoms with E-state index >= 15 is 0 Å². The first-order chi connectivity index (χ1) is 13.0. The van der Waals surface area contributed by atoms with Crippen LogP contribution in [0.1, 0.15) is 40.4 Å². The maximum atomic E-state index is 12.8. The number of thiophene rings is 1. The largest absolute Gasteiger partial charge is 0.388 e. The number of aliphatic hydroxyl groups is 1. The lowest BCUT2D eigenvalue weighted by atomic mass is 9.93. The number of carbonyl (C=O) groups excluding carboxylic acids is 1. The lowest BCUT2D eigenvalue weighted by Crippen LogP contribution is -2.46. The molecule has 4 heterocycles. The molecule has 2 aliphatic heterocycles. The molecule has 4 rings (SSSR count). The molecule has 0 spiro atoms. The van der Waals surface area contributed by atoms with Crippen molar-refractivity contribution in [3.8, 4) is 0 Å².